The van der Waals surface area contributed by atoms with Gasteiger partial charge in [0.05, 0.1) is 13.5 Å². The molecule has 0 aliphatic carbocycles. The molecule has 0 amide bonds. The van der Waals surface area contributed by atoms with Gasteiger partial charge in [-0.3, -0.25) is 4.79 Å². The predicted octanol–water partition coefficient (Wildman–Crippen LogP) is 5.40. The van der Waals surface area contributed by atoms with Crippen molar-refractivity contribution in [1.29, 1.82) is 0 Å². The minimum Gasteiger partial charge on any atom is -0.469 e. The molecule has 138 valence electrons. The van der Waals surface area contributed by atoms with Gasteiger partial charge < -0.3 is 10.1 Å². The van der Waals surface area contributed by atoms with Crippen molar-refractivity contribution in [3.8, 4) is 11.1 Å². The second-order valence-electron chi connectivity index (χ2n) is 6.29. The van der Waals surface area contributed by atoms with E-state index < -0.39 is 0 Å². The lowest BCUT2D eigenvalue weighted by molar-refractivity contribution is -0.141. The van der Waals surface area contributed by atoms with Gasteiger partial charge >= 0.3 is 5.97 Å². The first-order valence-electron chi connectivity index (χ1n) is 8.86. The zero-order valence-corrected chi connectivity index (χ0v) is 15.9. The second kappa shape index (κ2) is 9.36. The number of carbonyl (C=O) groups excluding carboxylic acids is 1. The van der Waals surface area contributed by atoms with Crippen LogP contribution in [0.1, 0.15) is 23.6 Å². The molecule has 0 saturated carbocycles. The van der Waals surface area contributed by atoms with Gasteiger partial charge in [0, 0.05) is 17.6 Å². The Balaban J connectivity index is 1.91. The molecule has 1 unspecified atom stereocenters. The smallest absolute Gasteiger partial charge is 0.307 e. The number of benzene rings is 3. The van der Waals surface area contributed by atoms with E-state index in [1.807, 2.05) is 54.6 Å². The van der Waals surface area contributed by atoms with Crippen LogP contribution in [0.3, 0.4) is 0 Å². The Hall–Kier alpha value is -2.62. The van der Waals surface area contributed by atoms with Crippen LogP contribution in [0.15, 0.2) is 78.9 Å². The molecule has 1 N–H and O–H groups in total. The Labute approximate surface area is 164 Å². The standard InChI is InChI=1S/C23H22ClNO2/c1-27-23(26)15-22(25-16-17-7-3-2-4-8-17)21-10-6-5-9-20(21)18-11-13-19(24)14-12-18/h2-14,22,25H,15-16H2,1H3. The first kappa shape index (κ1) is 19.2. The summed E-state index contributed by atoms with van der Waals surface area (Å²) in [5.74, 6) is -0.244. The molecule has 0 aliphatic rings. The van der Waals surface area contributed by atoms with Crippen molar-refractivity contribution in [3.63, 3.8) is 0 Å². The number of rotatable bonds is 7. The van der Waals surface area contributed by atoms with Crippen LogP contribution in [0.25, 0.3) is 11.1 Å². The highest BCUT2D eigenvalue weighted by molar-refractivity contribution is 6.30. The van der Waals surface area contributed by atoms with E-state index in [2.05, 4.69) is 29.6 Å². The number of halogens is 1. The fraction of sp³-hybridized carbons (Fsp3) is 0.174. The largest absolute Gasteiger partial charge is 0.469 e. The van der Waals surface area contributed by atoms with E-state index in [-0.39, 0.29) is 18.4 Å². The van der Waals surface area contributed by atoms with E-state index >= 15 is 0 Å². The van der Waals surface area contributed by atoms with E-state index in [9.17, 15) is 4.79 Å². The van der Waals surface area contributed by atoms with Crippen LogP contribution in [0.2, 0.25) is 5.02 Å². The van der Waals surface area contributed by atoms with Gasteiger partial charge in [-0.15, -0.1) is 0 Å². The van der Waals surface area contributed by atoms with E-state index in [1.165, 1.54) is 7.11 Å². The third kappa shape index (κ3) is 5.19. The van der Waals surface area contributed by atoms with Gasteiger partial charge in [0.1, 0.15) is 0 Å². The van der Waals surface area contributed by atoms with E-state index in [0.717, 1.165) is 22.3 Å². The first-order chi connectivity index (χ1) is 13.2. The van der Waals surface area contributed by atoms with Crippen molar-refractivity contribution in [2.24, 2.45) is 0 Å². The van der Waals surface area contributed by atoms with Crippen LogP contribution in [0.5, 0.6) is 0 Å². The fourth-order valence-electron chi connectivity index (χ4n) is 3.07. The molecule has 0 saturated heterocycles. The second-order valence-corrected chi connectivity index (χ2v) is 6.73. The van der Waals surface area contributed by atoms with Gasteiger partial charge in [0.25, 0.3) is 0 Å². The van der Waals surface area contributed by atoms with Crippen LogP contribution in [-0.4, -0.2) is 13.1 Å². The molecule has 3 aromatic rings. The van der Waals surface area contributed by atoms with Gasteiger partial charge in [-0.2, -0.15) is 0 Å². The van der Waals surface area contributed by atoms with Crippen molar-refractivity contribution in [1.82, 2.24) is 5.32 Å². The van der Waals surface area contributed by atoms with Gasteiger partial charge in [-0.1, -0.05) is 78.3 Å². The van der Waals surface area contributed by atoms with E-state index in [0.29, 0.717) is 11.6 Å². The minimum atomic E-state index is -0.244. The number of esters is 1. The van der Waals surface area contributed by atoms with Gasteiger partial charge in [-0.05, 0) is 34.4 Å². The average molecular weight is 380 g/mol. The summed E-state index contributed by atoms with van der Waals surface area (Å²) in [6.45, 7) is 0.664. The van der Waals surface area contributed by atoms with Crippen LogP contribution in [-0.2, 0) is 16.1 Å². The average Bonchev–Trinajstić information content (AvgIpc) is 2.72. The lowest BCUT2D eigenvalue weighted by Gasteiger charge is -2.21. The molecule has 0 aliphatic heterocycles. The van der Waals surface area contributed by atoms with Crippen molar-refractivity contribution in [2.45, 2.75) is 19.0 Å². The minimum absolute atomic E-state index is 0.162. The number of hydrogen-bond donors (Lipinski definition) is 1. The summed E-state index contributed by atoms with van der Waals surface area (Å²) in [7, 11) is 1.42. The lowest BCUT2D eigenvalue weighted by Crippen LogP contribution is -2.24. The van der Waals surface area contributed by atoms with Crippen LogP contribution < -0.4 is 5.32 Å². The molecule has 3 rings (SSSR count). The molecule has 0 radical (unpaired) electrons. The molecule has 4 heteroatoms. The number of carbonyl (C=O) groups is 1. The number of hydrogen-bond acceptors (Lipinski definition) is 3. The predicted molar refractivity (Wildman–Crippen MR) is 110 cm³/mol. The van der Waals surface area contributed by atoms with E-state index in [4.69, 9.17) is 16.3 Å². The normalized spacial score (nSPS) is 11.8. The molecule has 3 nitrogen and oxygen atoms in total. The number of ether oxygens (including phenoxy) is 1. The highest BCUT2D eigenvalue weighted by atomic mass is 35.5. The molecule has 0 bridgehead atoms. The fourth-order valence-corrected chi connectivity index (χ4v) is 3.20. The Kier molecular flexibility index (Phi) is 6.64. The summed E-state index contributed by atoms with van der Waals surface area (Å²) in [6.07, 6.45) is 0.258. The molecule has 3 aromatic carbocycles. The number of methoxy groups -OCH3 is 1. The van der Waals surface area contributed by atoms with Crippen molar-refractivity contribution in [3.05, 3.63) is 95.0 Å². The summed E-state index contributed by atoms with van der Waals surface area (Å²) >= 11 is 6.03. The van der Waals surface area contributed by atoms with Crippen LogP contribution in [0, 0.1) is 0 Å². The van der Waals surface area contributed by atoms with Crippen molar-refractivity contribution >= 4 is 17.6 Å². The third-order valence-corrected chi connectivity index (χ3v) is 4.74. The third-order valence-electron chi connectivity index (χ3n) is 4.49. The van der Waals surface area contributed by atoms with Gasteiger partial charge in [0.2, 0.25) is 0 Å². The molecule has 0 spiro atoms. The highest BCUT2D eigenvalue weighted by Gasteiger charge is 2.19. The summed E-state index contributed by atoms with van der Waals surface area (Å²) < 4.78 is 4.92. The Morgan fingerprint density at radius 1 is 0.963 bits per heavy atom. The van der Waals surface area contributed by atoms with Gasteiger partial charge in [-0.25, -0.2) is 0 Å². The maximum absolute atomic E-state index is 12.0. The Morgan fingerprint density at radius 3 is 2.33 bits per heavy atom. The van der Waals surface area contributed by atoms with Crippen molar-refractivity contribution < 1.29 is 9.53 Å². The lowest BCUT2D eigenvalue weighted by atomic mass is 9.93. The first-order valence-corrected chi connectivity index (χ1v) is 9.24. The van der Waals surface area contributed by atoms with Crippen molar-refractivity contribution in [2.75, 3.05) is 7.11 Å². The summed E-state index contributed by atoms with van der Waals surface area (Å²) in [5.41, 5.74) is 4.35. The molecular weight excluding hydrogens is 358 g/mol. The van der Waals surface area contributed by atoms with Gasteiger partial charge in [0.15, 0.2) is 0 Å². The Morgan fingerprint density at radius 2 is 1.63 bits per heavy atom. The maximum atomic E-state index is 12.0. The molecule has 1 atom stereocenters. The molecule has 27 heavy (non-hydrogen) atoms. The quantitative estimate of drug-likeness (QED) is 0.558. The zero-order valence-electron chi connectivity index (χ0n) is 15.2. The Bertz CT molecular complexity index is 878. The topological polar surface area (TPSA) is 38.3 Å². The maximum Gasteiger partial charge on any atom is 0.307 e. The molecule has 0 aromatic heterocycles. The SMILES string of the molecule is COC(=O)CC(NCc1ccccc1)c1ccccc1-c1ccc(Cl)cc1. The molecular formula is C23H22ClNO2. The van der Waals surface area contributed by atoms with Crippen LogP contribution >= 0.6 is 11.6 Å². The summed E-state index contributed by atoms with van der Waals surface area (Å²) in [6, 6.07) is 25.8. The summed E-state index contributed by atoms with van der Waals surface area (Å²) in [4.78, 5) is 12.0. The van der Waals surface area contributed by atoms with E-state index in [1.54, 1.807) is 0 Å². The monoisotopic (exact) mass is 379 g/mol. The highest BCUT2D eigenvalue weighted by Crippen LogP contribution is 2.31. The zero-order chi connectivity index (χ0) is 19.1. The molecule has 0 heterocycles. The summed E-state index contributed by atoms with van der Waals surface area (Å²) in [5, 5.41) is 4.21. The van der Waals surface area contributed by atoms with Crippen LogP contribution in [0.4, 0.5) is 0 Å². The molecule has 0 fully saturated rings. The number of nitrogens with one attached hydrogen (secondary N) is 1.